The molecule has 1 aliphatic heterocycles. The van der Waals surface area contributed by atoms with E-state index in [0.717, 1.165) is 52.0 Å². The molecule has 1 N–H and O–H groups in total. The Labute approximate surface area is 201 Å². The third kappa shape index (κ3) is 4.33. The zero-order valence-corrected chi connectivity index (χ0v) is 20.4. The summed E-state index contributed by atoms with van der Waals surface area (Å²) < 4.78 is 11.8. The summed E-state index contributed by atoms with van der Waals surface area (Å²) in [6, 6.07) is 10.4. The van der Waals surface area contributed by atoms with Crippen molar-refractivity contribution in [2.24, 2.45) is 11.3 Å². The van der Waals surface area contributed by atoms with Crippen molar-refractivity contribution in [3.8, 4) is 16.9 Å². The Balaban J connectivity index is 1.50. The van der Waals surface area contributed by atoms with Crippen LogP contribution in [-0.4, -0.2) is 28.8 Å². The van der Waals surface area contributed by atoms with Gasteiger partial charge in [0.2, 0.25) is 0 Å². The fourth-order valence-electron chi connectivity index (χ4n) is 5.37. The summed E-state index contributed by atoms with van der Waals surface area (Å²) in [7, 11) is 0. The fourth-order valence-corrected chi connectivity index (χ4v) is 5.37. The average molecular weight is 460 g/mol. The molecular formula is C28H33N3O3. The van der Waals surface area contributed by atoms with E-state index in [1.165, 1.54) is 12.8 Å². The van der Waals surface area contributed by atoms with Crippen molar-refractivity contribution in [3.63, 3.8) is 0 Å². The number of benzene rings is 2. The van der Waals surface area contributed by atoms with Crippen molar-refractivity contribution in [3.05, 3.63) is 54.6 Å². The lowest BCUT2D eigenvalue weighted by Crippen LogP contribution is -2.37. The van der Waals surface area contributed by atoms with E-state index in [1.807, 2.05) is 19.3 Å². The molecule has 1 unspecified atom stereocenters. The summed E-state index contributed by atoms with van der Waals surface area (Å²) in [5, 5.41) is 5.08. The minimum atomic E-state index is -0.540. The van der Waals surface area contributed by atoms with Gasteiger partial charge < -0.3 is 14.8 Å². The molecule has 5 rings (SSSR count). The van der Waals surface area contributed by atoms with E-state index in [4.69, 9.17) is 9.47 Å². The van der Waals surface area contributed by atoms with Crippen LogP contribution in [0.5, 0.6) is 5.75 Å². The lowest BCUT2D eigenvalue weighted by Gasteiger charge is -2.37. The number of hydrogen-bond acceptors (Lipinski definition) is 5. The highest BCUT2D eigenvalue weighted by Crippen LogP contribution is 2.42. The van der Waals surface area contributed by atoms with Gasteiger partial charge in [-0.3, -0.25) is 0 Å². The smallest absolute Gasteiger partial charge is 0.408 e. The lowest BCUT2D eigenvalue weighted by molar-refractivity contribution is 0.0886. The molecular weight excluding hydrogens is 426 g/mol. The van der Waals surface area contributed by atoms with Crippen LogP contribution in [0, 0.1) is 11.3 Å². The normalized spacial score (nSPS) is 25.1. The SMILES string of the molecule is CC1(c2ccc3c(-c4cncnc4)c(OC4CCC(C(C)(C)C)CC4)ccc3c2)COC(=O)N1. The molecule has 34 heavy (non-hydrogen) atoms. The van der Waals surface area contributed by atoms with Crippen LogP contribution in [-0.2, 0) is 10.3 Å². The molecule has 2 aliphatic rings. The Hall–Kier alpha value is -3.15. The molecule has 2 heterocycles. The second-order valence-corrected chi connectivity index (χ2v) is 11.0. The molecule has 2 aromatic carbocycles. The van der Waals surface area contributed by atoms with Gasteiger partial charge in [0, 0.05) is 23.5 Å². The van der Waals surface area contributed by atoms with Crippen molar-refractivity contribution >= 4 is 16.9 Å². The number of alkyl carbamates (subject to hydrolysis) is 1. The van der Waals surface area contributed by atoms with Gasteiger partial charge >= 0.3 is 6.09 Å². The molecule has 0 spiro atoms. The zero-order valence-electron chi connectivity index (χ0n) is 20.4. The molecule has 2 fully saturated rings. The van der Waals surface area contributed by atoms with Gasteiger partial charge in [0.05, 0.1) is 11.6 Å². The molecule has 0 radical (unpaired) electrons. The van der Waals surface area contributed by atoms with Crippen molar-refractivity contribution < 1.29 is 14.3 Å². The molecule has 1 atom stereocenters. The van der Waals surface area contributed by atoms with E-state index >= 15 is 0 Å². The summed E-state index contributed by atoms with van der Waals surface area (Å²) in [6.07, 6.45) is 9.59. The van der Waals surface area contributed by atoms with Gasteiger partial charge in [-0.15, -0.1) is 0 Å². The van der Waals surface area contributed by atoms with E-state index in [2.05, 4.69) is 66.4 Å². The van der Waals surface area contributed by atoms with Crippen LogP contribution >= 0.6 is 0 Å². The molecule has 1 amide bonds. The predicted molar refractivity (Wildman–Crippen MR) is 133 cm³/mol. The number of nitrogens with one attached hydrogen (secondary N) is 1. The number of hydrogen-bond donors (Lipinski definition) is 1. The van der Waals surface area contributed by atoms with Crippen LogP contribution in [0.4, 0.5) is 4.79 Å². The van der Waals surface area contributed by atoms with Crippen molar-refractivity contribution in [1.29, 1.82) is 0 Å². The Morgan fingerprint density at radius 2 is 1.79 bits per heavy atom. The first-order valence-corrected chi connectivity index (χ1v) is 12.2. The van der Waals surface area contributed by atoms with Crippen molar-refractivity contribution in [2.75, 3.05) is 6.61 Å². The Kier molecular flexibility index (Phi) is 5.70. The summed E-state index contributed by atoms with van der Waals surface area (Å²) in [6.45, 7) is 9.32. The van der Waals surface area contributed by atoms with Crippen LogP contribution in [0.3, 0.4) is 0 Å². The lowest BCUT2D eigenvalue weighted by atomic mass is 9.72. The van der Waals surface area contributed by atoms with Gasteiger partial charge in [0.1, 0.15) is 18.7 Å². The minimum absolute atomic E-state index is 0.212. The molecule has 1 aliphatic carbocycles. The maximum absolute atomic E-state index is 11.7. The summed E-state index contributed by atoms with van der Waals surface area (Å²) in [5.74, 6) is 1.61. The van der Waals surface area contributed by atoms with Crippen LogP contribution < -0.4 is 10.1 Å². The molecule has 6 nitrogen and oxygen atoms in total. The Morgan fingerprint density at radius 1 is 1.06 bits per heavy atom. The van der Waals surface area contributed by atoms with Crippen molar-refractivity contribution in [1.82, 2.24) is 15.3 Å². The standard InChI is InChI=1S/C28H33N3O3/c1-27(2,3)20-6-9-22(10-7-20)34-24-12-5-18-13-21(28(4)16-33-26(32)31-28)8-11-23(18)25(24)19-14-29-17-30-15-19/h5,8,11-15,17,20,22H,6-7,9-10,16H2,1-4H3,(H,31,32). The van der Waals surface area contributed by atoms with Gasteiger partial charge in [0.25, 0.3) is 0 Å². The largest absolute Gasteiger partial charge is 0.490 e. The highest BCUT2D eigenvalue weighted by Gasteiger charge is 2.37. The van der Waals surface area contributed by atoms with Gasteiger partial charge in [-0.1, -0.05) is 39.0 Å². The first-order valence-electron chi connectivity index (χ1n) is 12.2. The molecule has 1 aromatic heterocycles. The molecule has 0 bridgehead atoms. The first-order chi connectivity index (χ1) is 16.2. The maximum atomic E-state index is 11.7. The van der Waals surface area contributed by atoms with Gasteiger partial charge in [-0.05, 0) is 72.4 Å². The third-order valence-electron chi connectivity index (χ3n) is 7.53. The fraction of sp³-hybridized carbons (Fsp3) is 0.464. The predicted octanol–water partition coefficient (Wildman–Crippen LogP) is 6.24. The topological polar surface area (TPSA) is 73.3 Å². The van der Waals surface area contributed by atoms with E-state index in [1.54, 1.807) is 6.33 Å². The number of ether oxygens (including phenoxy) is 2. The monoisotopic (exact) mass is 459 g/mol. The highest BCUT2D eigenvalue weighted by atomic mass is 16.6. The Bertz CT molecular complexity index is 1200. The van der Waals surface area contributed by atoms with Crippen LogP contribution in [0.2, 0.25) is 0 Å². The number of carbonyl (C=O) groups is 1. The molecule has 1 saturated heterocycles. The molecule has 6 heteroatoms. The third-order valence-corrected chi connectivity index (χ3v) is 7.53. The number of fused-ring (bicyclic) bond motifs is 1. The second kappa shape index (κ2) is 8.57. The number of carbonyl (C=O) groups excluding carboxylic acids is 1. The van der Waals surface area contributed by atoms with Crippen LogP contribution in [0.15, 0.2) is 49.1 Å². The van der Waals surface area contributed by atoms with Gasteiger partial charge in [0.15, 0.2) is 0 Å². The molecule has 178 valence electrons. The minimum Gasteiger partial charge on any atom is -0.490 e. The number of amides is 1. The molecule has 1 saturated carbocycles. The van der Waals surface area contributed by atoms with Crippen LogP contribution in [0.1, 0.15) is 58.9 Å². The van der Waals surface area contributed by atoms with E-state index in [9.17, 15) is 4.79 Å². The maximum Gasteiger partial charge on any atom is 0.408 e. The zero-order chi connectivity index (χ0) is 23.9. The number of cyclic esters (lactones) is 1. The summed E-state index contributed by atoms with van der Waals surface area (Å²) in [5.41, 5.74) is 2.76. The Morgan fingerprint density at radius 3 is 2.44 bits per heavy atom. The highest BCUT2D eigenvalue weighted by molar-refractivity contribution is 6.00. The van der Waals surface area contributed by atoms with E-state index in [0.29, 0.717) is 12.0 Å². The summed E-state index contributed by atoms with van der Waals surface area (Å²) in [4.78, 5) is 20.2. The van der Waals surface area contributed by atoms with Crippen LogP contribution in [0.25, 0.3) is 21.9 Å². The molecule has 3 aromatic rings. The van der Waals surface area contributed by atoms with E-state index in [-0.39, 0.29) is 12.2 Å². The first kappa shape index (κ1) is 22.6. The number of rotatable bonds is 4. The number of aromatic nitrogens is 2. The average Bonchev–Trinajstić information content (AvgIpc) is 3.18. The van der Waals surface area contributed by atoms with Gasteiger partial charge in [-0.2, -0.15) is 0 Å². The quantitative estimate of drug-likeness (QED) is 0.500. The summed E-state index contributed by atoms with van der Waals surface area (Å²) >= 11 is 0. The number of nitrogens with zero attached hydrogens (tertiary/aromatic N) is 2. The van der Waals surface area contributed by atoms with Gasteiger partial charge in [-0.25, -0.2) is 14.8 Å². The van der Waals surface area contributed by atoms with Crippen molar-refractivity contribution in [2.45, 2.75) is 65.0 Å². The second-order valence-electron chi connectivity index (χ2n) is 11.0. The van der Waals surface area contributed by atoms with E-state index < -0.39 is 5.54 Å².